The minimum atomic E-state index is -0.0338. The van der Waals surface area contributed by atoms with Crippen LogP contribution < -0.4 is 4.90 Å². The Morgan fingerprint density at radius 2 is 2.04 bits per heavy atom. The van der Waals surface area contributed by atoms with Gasteiger partial charge < -0.3 is 4.90 Å². The number of benzene rings is 1. The number of fused-ring (bicyclic) bond motifs is 3. The first-order valence-electron chi connectivity index (χ1n) is 8.84. The Morgan fingerprint density at radius 1 is 1.22 bits per heavy atom. The van der Waals surface area contributed by atoms with Gasteiger partial charge in [0.1, 0.15) is 11.5 Å². The lowest BCUT2D eigenvalue weighted by molar-refractivity contribution is 0.0999. The van der Waals surface area contributed by atoms with E-state index in [2.05, 4.69) is 11.1 Å². The van der Waals surface area contributed by atoms with Gasteiger partial charge in [0.25, 0.3) is 5.91 Å². The molecule has 2 N–H and O–H groups in total. The fourth-order valence-electron chi connectivity index (χ4n) is 3.51. The first-order chi connectivity index (χ1) is 13.2. The number of amidine groups is 1. The molecule has 0 saturated heterocycles. The van der Waals surface area contributed by atoms with E-state index in [0.29, 0.717) is 18.1 Å². The summed E-state index contributed by atoms with van der Waals surface area (Å²) in [6, 6.07) is 13.7. The maximum Gasteiger partial charge on any atom is 0.270 e. The van der Waals surface area contributed by atoms with Crippen molar-refractivity contribution in [3.63, 3.8) is 0 Å². The lowest BCUT2D eigenvalue weighted by Crippen LogP contribution is -2.32. The normalized spacial score (nSPS) is 15.9. The van der Waals surface area contributed by atoms with E-state index in [1.54, 1.807) is 21.9 Å². The zero-order valence-electron chi connectivity index (χ0n) is 14.5. The molecule has 2 aliphatic rings. The molecular weight excluding hydrogens is 358 g/mol. The monoisotopic (exact) mass is 375 g/mol. The molecule has 1 amide bonds. The predicted octanol–water partition coefficient (Wildman–Crippen LogP) is 3.85. The molecule has 1 saturated carbocycles. The molecule has 0 radical (unpaired) electrons. The minimum Gasteiger partial charge on any atom is -0.313 e. The van der Waals surface area contributed by atoms with Crippen molar-refractivity contribution in [1.29, 1.82) is 10.8 Å². The predicted molar refractivity (Wildman–Crippen MR) is 107 cm³/mol. The average Bonchev–Trinajstić information content (AvgIpc) is 3.39. The van der Waals surface area contributed by atoms with Crippen LogP contribution in [-0.4, -0.2) is 34.0 Å². The molecule has 1 fully saturated rings. The molecule has 27 heavy (non-hydrogen) atoms. The number of thiophene rings is 1. The van der Waals surface area contributed by atoms with E-state index >= 15 is 0 Å². The molecule has 7 heteroatoms. The Labute approximate surface area is 160 Å². The van der Waals surface area contributed by atoms with Crippen LogP contribution in [0.1, 0.15) is 33.8 Å². The van der Waals surface area contributed by atoms with Gasteiger partial charge in [-0.3, -0.25) is 20.5 Å². The lowest BCUT2D eigenvalue weighted by atomic mass is 10.1. The SMILES string of the molecule is N=CN(C(=N)c1cccc(N2Cc3c(sc4ccccc34)C2=O)n1)C1CC1. The Bertz CT molecular complexity index is 1100. The molecule has 0 spiro atoms. The zero-order chi connectivity index (χ0) is 18.5. The summed E-state index contributed by atoms with van der Waals surface area (Å²) in [7, 11) is 0. The second-order valence-corrected chi connectivity index (χ2v) is 7.85. The van der Waals surface area contributed by atoms with E-state index in [4.69, 9.17) is 10.8 Å². The van der Waals surface area contributed by atoms with E-state index in [1.807, 2.05) is 24.3 Å². The van der Waals surface area contributed by atoms with Gasteiger partial charge in [0.15, 0.2) is 5.84 Å². The Balaban J connectivity index is 1.48. The number of hydrogen-bond acceptors (Lipinski definition) is 5. The minimum absolute atomic E-state index is 0.0338. The van der Waals surface area contributed by atoms with Crippen LogP contribution in [0.25, 0.3) is 10.1 Å². The molecule has 0 bridgehead atoms. The summed E-state index contributed by atoms with van der Waals surface area (Å²) in [6.07, 6.45) is 3.18. The largest absolute Gasteiger partial charge is 0.313 e. The van der Waals surface area contributed by atoms with Crippen LogP contribution in [0.5, 0.6) is 0 Å². The zero-order valence-corrected chi connectivity index (χ0v) is 15.3. The number of pyridine rings is 1. The fourth-order valence-corrected chi connectivity index (χ4v) is 4.67. The number of carbonyl (C=O) groups is 1. The van der Waals surface area contributed by atoms with Gasteiger partial charge in [0.05, 0.1) is 17.8 Å². The Kier molecular flexibility index (Phi) is 3.58. The smallest absolute Gasteiger partial charge is 0.270 e. The summed E-state index contributed by atoms with van der Waals surface area (Å²) in [5, 5.41) is 17.1. The molecular formula is C20H17N5OS. The molecule has 134 valence electrons. The fraction of sp³-hybridized carbons (Fsp3) is 0.200. The molecule has 3 aromatic rings. The van der Waals surface area contributed by atoms with Crippen LogP contribution in [0.4, 0.5) is 5.82 Å². The van der Waals surface area contributed by atoms with Crippen molar-refractivity contribution in [3.8, 4) is 0 Å². The van der Waals surface area contributed by atoms with E-state index in [1.165, 1.54) is 17.7 Å². The van der Waals surface area contributed by atoms with Crippen molar-refractivity contribution >= 4 is 45.3 Å². The van der Waals surface area contributed by atoms with Crippen molar-refractivity contribution in [3.05, 3.63) is 58.6 Å². The molecule has 0 unspecified atom stereocenters. The van der Waals surface area contributed by atoms with Crippen molar-refractivity contribution in [2.45, 2.75) is 25.4 Å². The number of anilines is 1. The quantitative estimate of drug-likeness (QED) is 0.536. The Morgan fingerprint density at radius 3 is 2.81 bits per heavy atom. The lowest BCUT2D eigenvalue weighted by Gasteiger charge is -2.20. The third-order valence-electron chi connectivity index (χ3n) is 5.05. The maximum absolute atomic E-state index is 13.0. The van der Waals surface area contributed by atoms with Gasteiger partial charge in [-0.2, -0.15) is 0 Å². The second-order valence-electron chi connectivity index (χ2n) is 6.79. The van der Waals surface area contributed by atoms with Crippen LogP contribution in [0.2, 0.25) is 0 Å². The van der Waals surface area contributed by atoms with Gasteiger partial charge >= 0.3 is 0 Å². The standard InChI is InChI=1S/C20H17N5OS/c21-11-25(12-8-9-12)19(22)15-5-3-7-17(23-15)24-10-14-13-4-1-2-6-16(13)27-18(14)20(24)26/h1-7,11-12,21-22H,8-10H2. The number of rotatable bonds is 4. The van der Waals surface area contributed by atoms with E-state index in [9.17, 15) is 4.79 Å². The molecule has 1 aliphatic carbocycles. The summed E-state index contributed by atoms with van der Waals surface area (Å²) < 4.78 is 1.13. The van der Waals surface area contributed by atoms with Crippen molar-refractivity contribution in [2.24, 2.45) is 0 Å². The van der Waals surface area contributed by atoms with Gasteiger partial charge in [-0.25, -0.2) is 4.98 Å². The molecule has 1 aromatic carbocycles. The number of carbonyl (C=O) groups excluding carboxylic acids is 1. The van der Waals surface area contributed by atoms with Crippen LogP contribution in [0, 0.1) is 10.8 Å². The molecule has 2 aromatic heterocycles. The van der Waals surface area contributed by atoms with Gasteiger partial charge in [0, 0.05) is 16.3 Å². The van der Waals surface area contributed by atoms with Crippen molar-refractivity contribution in [2.75, 3.05) is 4.90 Å². The van der Waals surface area contributed by atoms with Crippen LogP contribution >= 0.6 is 11.3 Å². The number of nitrogens with zero attached hydrogens (tertiary/aromatic N) is 3. The van der Waals surface area contributed by atoms with E-state index in [-0.39, 0.29) is 17.8 Å². The van der Waals surface area contributed by atoms with E-state index in [0.717, 1.165) is 33.4 Å². The molecule has 1 aliphatic heterocycles. The summed E-state index contributed by atoms with van der Waals surface area (Å²) in [5.74, 6) is 0.727. The highest BCUT2D eigenvalue weighted by Gasteiger charge is 2.34. The highest BCUT2D eigenvalue weighted by Crippen LogP contribution is 2.38. The van der Waals surface area contributed by atoms with Crippen LogP contribution in [0.3, 0.4) is 0 Å². The number of aromatic nitrogens is 1. The summed E-state index contributed by atoms with van der Waals surface area (Å²) in [5.41, 5.74) is 1.54. The summed E-state index contributed by atoms with van der Waals surface area (Å²) in [6.45, 7) is 0.499. The molecule has 0 atom stereocenters. The molecule has 6 nitrogen and oxygen atoms in total. The van der Waals surface area contributed by atoms with Crippen molar-refractivity contribution < 1.29 is 4.79 Å². The first kappa shape index (κ1) is 16.1. The highest BCUT2D eigenvalue weighted by molar-refractivity contribution is 7.21. The summed E-state index contributed by atoms with van der Waals surface area (Å²) in [4.78, 5) is 21.6. The van der Waals surface area contributed by atoms with E-state index < -0.39 is 0 Å². The van der Waals surface area contributed by atoms with Gasteiger partial charge in [-0.15, -0.1) is 11.3 Å². The topological polar surface area (TPSA) is 84.1 Å². The third-order valence-corrected chi connectivity index (χ3v) is 6.25. The Hall–Kier alpha value is -3.06. The highest BCUT2D eigenvalue weighted by atomic mass is 32.1. The molecule has 5 rings (SSSR count). The third kappa shape index (κ3) is 2.54. The molecule has 3 heterocycles. The van der Waals surface area contributed by atoms with Crippen LogP contribution in [0.15, 0.2) is 42.5 Å². The van der Waals surface area contributed by atoms with Crippen LogP contribution in [-0.2, 0) is 6.54 Å². The van der Waals surface area contributed by atoms with Gasteiger partial charge in [-0.1, -0.05) is 24.3 Å². The average molecular weight is 375 g/mol. The second kappa shape index (κ2) is 5.99. The van der Waals surface area contributed by atoms with Gasteiger partial charge in [0.2, 0.25) is 0 Å². The van der Waals surface area contributed by atoms with Crippen molar-refractivity contribution in [1.82, 2.24) is 9.88 Å². The number of amides is 1. The number of hydrogen-bond donors (Lipinski definition) is 2. The summed E-state index contributed by atoms with van der Waals surface area (Å²) >= 11 is 1.52. The number of nitrogens with one attached hydrogen (secondary N) is 2. The first-order valence-corrected chi connectivity index (χ1v) is 9.66. The van der Waals surface area contributed by atoms with Gasteiger partial charge in [-0.05, 0) is 36.4 Å². The maximum atomic E-state index is 13.0.